The van der Waals surface area contributed by atoms with E-state index in [0.717, 1.165) is 95.8 Å². The van der Waals surface area contributed by atoms with Crippen LogP contribution in [0.15, 0.2) is 0 Å². The number of hydrogen-bond acceptors (Lipinski definition) is 15. The molecule has 0 aromatic heterocycles. The van der Waals surface area contributed by atoms with Crippen LogP contribution in [0.1, 0.15) is 426 Å². The fourth-order valence-corrected chi connectivity index (χ4v) is 14.0. The van der Waals surface area contributed by atoms with Gasteiger partial charge in [0.2, 0.25) is 0 Å². The Labute approximate surface area is 607 Å². The molecule has 17 nitrogen and oxygen atoms in total. The molecular formula is C80H156O17P2. The smallest absolute Gasteiger partial charge is 0.462 e. The number of phosphoric acid groups is 2. The van der Waals surface area contributed by atoms with E-state index in [1.165, 1.54) is 250 Å². The second kappa shape index (κ2) is 73.0. The second-order valence-electron chi connectivity index (χ2n) is 29.3. The fraction of sp³-hybridized carbons (Fsp3) is 0.950. The predicted octanol–water partition coefficient (Wildman–Crippen LogP) is 24.0. The highest BCUT2D eigenvalue weighted by molar-refractivity contribution is 7.47. The third-order valence-electron chi connectivity index (χ3n) is 18.8. The van der Waals surface area contributed by atoms with Gasteiger partial charge in [-0.25, -0.2) is 9.13 Å². The summed E-state index contributed by atoms with van der Waals surface area (Å²) in [5, 5.41) is 10.6. The Kier molecular flexibility index (Phi) is 71.6. The molecule has 0 radical (unpaired) electrons. The van der Waals surface area contributed by atoms with E-state index < -0.39 is 97.5 Å². The molecule has 0 fully saturated rings. The summed E-state index contributed by atoms with van der Waals surface area (Å²) in [6.45, 7) is 7.33. The Balaban J connectivity index is 5.26. The molecule has 0 saturated carbocycles. The molecule has 0 aliphatic rings. The van der Waals surface area contributed by atoms with E-state index >= 15 is 0 Å². The summed E-state index contributed by atoms with van der Waals surface area (Å²) in [6, 6.07) is 0. The van der Waals surface area contributed by atoms with Crippen molar-refractivity contribution < 1.29 is 80.2 Å². The van der Waals surface area contributed by atoms with E-state index in [4.69, 9.17) is 37.0 Å². The standard InChI is InChI=1S/C80H156O17P2/c1-6-9-12-15-18-21-24-27-29-31-33-35-40-45-50-55-60-65-79(84)96-75(70-91-78(83)64-59-54-49-44-39-34-32-30-28-25-22-19-16-13-10-7-2)71-94-98(86,87)92-67-74(81)68-93-99(88,89)95-72-76(69-90-77(82)63-58-53-48-43-38-26-23-20-17-14-11-8-3)97-80(85)66-61-56-51-46-41-36-37-42-47-52-57-62-73(4)5/h73-76,81H,6-72H2,1-5H3,(H,86,87)(H,88,89)/t74-,75-,76-/m1/s1. The van der Waals surface area contributed by atoms with Gasteiger partial charge in [-0.05, 0) is 31.6 Å². The average Bonchev–Trinajstić information content (AvgIpc) is 1.25. The quantitative estimate of drug-likeness (QED) is 0.0222. The number of unbranched alkanes of at least 4 members (excludes halogenated alkanes) is 52. The molecule has 0 aliphatic carbocycles. The molecular weight excluding hydrogens is 1290 g/mol. The molecule has 3 N–H and O–H groups in total. The van der Waals surface area contributed by atoms with E-state index in [1.54, 1.807) is 0 Å². The summed E-state index contributed by atoms with van der Waals surface area (Å²) in [5.74, 6) is -1.34. The summed E-state index contributed by atoms with van der Waals surface area (Å²) >= 11 is 0. The Morgan fingerprint density at radius 2 is 0.465 bits per heavy atom. The van der Waals surface area contributed by atoms with Crippen LogP contribution in [0.3, 0.4) is 0 Å². The van der Waals surface area contributed by atoms with E-state index in [1.807, 2.05) is 0 Å². The van der Waals surface area contributed by atoms with Crippen molar-refractivity contribution in [3.63, 3.8) is 0 Å². The van der Waals surface area contributed by atoms with Crippen molar-refractivity contribution in [3.05, 3.63) is 0 Å². The van der Waals surface area contributed by atoms with Gasteiger partial charge in [0.05, 0.1) is 26.4 Å². The molecule has 0 rings (SSSR count). The minimum absolute atomic E-state index is 0.107. The Morgan fingerprint density at radius 1 is 0.273 bits per heavy atom. The molecule has 0 bridgehead atoms. The summed E-state index contributed by atoms with van der Waals surface area (Å²) in [5.41, 5.74) is 0. The Morgan fingerprint density at radius 3 is 0.687 bits per heavy atom. The van der Waals surface area contributed by atoms with Gasteiger partial charge in [-0.15, -0.1) is 0 Å². The van der Waals surface area contributed by atoms with Crippen molar-refractivity contribution in [3.8, 4) is 0 Å². The van der Waals surface area contributed by atoms with Crippen LogP contribution in [0, 0.1) is 5.92 Å². The van der Waals surface area contributed by atoms with Crippen molar-refractivity contribution in [1.29, 1.82) is 0 Å². The normalized spacial score (nSPS) is 13.9. The minimum atomic E-state index is -4.96. The van der Waals surface area contributed by atoms with Gasteiger partial charge in [-0.1, -0.05) is 375 Å². The summed E-state index contributed by atoms with van der Waals surface area (Å²) in [4.78, 5) is 73.0. The number of carbonyl (C=O) groups excluding carboxylic acids is 4. The highest BCUT2D eigenvalue weighted by Crippen LogP contribution is 2.45. The lowest BCUT2D eigenvalue weighted by atomic mass is 10.0. The van der Waals surface area contributed by atoms with Gasteiger partial charge in [-0.2, -0.15) is 0 Å². The average molecular weight is 1450 g/mol. The largest absolute Gasteiger partial charge is 0.472 e. The number of rotatable bonds is 80. The molecule has 19 heteroatoms. The maximum atomic E-state index is 13.1. The van der Waals surface area contributed by atoms with Gasteiger partial charge in [-0.3, -0.25) is 37.3 Å². The van der Waals surface area contributed by atoms with Gasteiger partial charge in [0.15, 0.2) is 12.2 Å². The molecule has 99 heavy (non-hydrogen) atoms. The first kappa shape index (κ1) is 97.1. The lowest BCUT2D eigenvalue weighted by molar-refractivity contribution is -0.161. The first-order chi connectivity index (χ1) is 48.0. The minimum Gasteiger partial charge on any atom is -0.462 e. The van der Waals surface area contributed by atoms with E-state index in [0.29, 0.717) is 25.7 Å². The van der Waals surface area contributed by atoms with E-state index in [9.17, 15) is 43.2 Å². The third kappa shape index (κ3) is 74.1. The molecule has 0 amide bonds. The monoisotopic (exact) mass is 1450 g/mol. The molecule has 588 valence electrons. The number of ether oxygens (including phenoxy) is 4. The van der Waals surface area contributed by atoms with Crippen molar-refractivity contribution in [2.45, 2.75) is 445 Å². The van der Waals surface area contributed by atoms with E-state index in [2.05, 4.69) is 34.6 Å². The Hall–Kier alpha value is -1.94. The van der Waals surface area contributed by atoms with Crippen LogP contribution in [0.2, 0.25) is 0 Å². The van der Waals surface area contributed by atoms with E-state index in [-0.39, 0.29) is 25.7 Å². The third-order valence-corrected chi connectivity index (χ3v) is 20.7. The molecule has 0 spiro atoms. The van der Waals surface area contributed by atoms with Crippen LogP contribution in [0.25, 0.3) is 0 Å². The maximum Gasteiger partial charge on any atom is 0.472 e. The molecule has 0 saturated heterocycles. The zero-order valence-corrected chi connectivity index (χ0v) is 66.4. The molecule has 0 aromatic carbocycles. The topological polar surface area (TPSA) is 237 Å². The SMILES string of the molecule is CCCCCCCCCCCCCCCCCCCC(=O)O[C@H](COC(=O)CCCCCCCCCCCCCCCCCC)COP(=O)(O)OC[C@@H](O)COP(=O)(O)OC[C@@H](COC(=O)CCCCCCCCCCCCCC)OC(=O)CCCCCCCCCCCCCC(C)C. The predicted molar refractivity (Wildman–Crippen MR) is 405 cm³/mol. The van der Waals surface area contributed by atoms with Crippen LogP contribution in [0.4, 0.5) is 0 Å². The summed E-state index contributed by atoms with van der Waals surface area (Å²) in [6.07, 6.45) is 63.6. The highest BCUT2D eigenvalue weighted by Gasteiger charge is 2.30. The second-order valence-corrected chi connectivity index (χ2v) is 32.2. The lowest BCUT2D eigenvalue weighted by Gasteiger charge is -2.21. The van der Waals surface area contributed by atoms with Gasteiger partial charge in [0, 0.05) is 25.7 Å². The van der Waals surface area contributed by atoms with Crippen molar-refractivity contribution in [2.24, 2.45) is 5.92 Å². The zero-order valence-electron chi connectivity index (χ0n) is 64.6. The number of aliphatic hydroxyl groups excluding tert-OH is 1. The van der Waals surface area contributed by atoms with Gasteiger partial charge in [0.25, 0.3) is 0 Å². The van der Waals surface area contributed by atoms with Crippen LogP contribution in [0.5, 0.6) is 0 Å². The number of hydrogen-bond donors (Lipinski definition) is 3. The molecule has 0 heterocycles. The Bertz CT molecular complexity index is 1890. The highest BCUT2D eigenvalue weighted by atomic mass is 31.2. The van der Waals surface area contributed by atoms with Crippen LogP contribution in [-0.2, 0) is 65.4 Å². The van der Waals surface area contributed by atoms with Crippen LogP contribution < -0.4 is 0 Å². The summed E-state index contributed by atoms with van der Waals surface area (Å²) < 4.78 is 68.7. The van der Waals surface area contributed by atoms with Crippen molar-refractivity contribution in [2.75, 3.05) is 39.6 Å². The number of esters is 4. The lowest BCUT2D eigenvalue weighted by Crippen LogP contribution is -2.30. The number of carbonyl (C=O) groups is 4. The zero-order chi connectivity index (χ0) is 72.7. The molecule has 0 aliphatic heterocycles. The fourth-order valence-electron chi connectivity index (χ4n) is 12.4. The van der Waals surface area contributed by atoms with Gasteiger partial charge < -0.3 is 33.8 Å². The first-order valence-corrected chi connectivity index (χ1v) is 44.6. The molecule has 5 atom stereocenters. The molecule has 0 aromatic rings. The number of aliphatic hydroxyl groups is 1. The first-order valence-electron chi connectivity index (χ1n) is 41.6. The van der Waals surface area contributed by atoms with Crippen molar-refractivity contribution in [1.82, 2.24) is 0 Å². The van der Waals surface area contributed by atoms with Gasteiger partial charge >= 0.3 is 39.5 Å². The van der Waals surface area contributed by atoms with Gasteiger partial charge in [0.1, 0.15) is 19.3 Å². The maximum absolute atomic E-state index is 13.1. The van der Waals surface area contributed by atoms with Crippen molar-refractivity contribution >= 4 is 39.5 Å². The number of phosphoric ester groups is 2. The van der Waals surface area contributed by atoms with Crippen LogP contribution >= 0.6 is 15.6 Å². The summed E-state index contributed by atoms with van der Waals surface area (Å²) in [7, 11) is -9.92. The van der Waals surface area contributed by atoms with Crippen LogP contribution in [-0.4, -0.2) is 96.7 Å². The molecule has 2 unspecified atom stereocenters.